The lowest BCUT2D eigenvalue weighted by Crippen LogP contribution is -2.36. The van der Waals surface area contributed by atoms with Crippen LogP contribution in [0, 0.1) is 5.82 Å². The number of aromatic amines is 1. The van der Waals surface area contributed by atoms with Gasteiger partial charge in [0, 0.05) is 24.9 Å². The van der Waals surface area contributed by atoms with Gasteiger partial charge in [0.1, 0.15) is 11.4 Å². The SMILES string of the molecule is COCCNC(=O)c1cc2c([nH]c1=O)CCCC2NC(=O)c1ccc(F)cc1. The maximum absolute atomic E-state index is 13.1. The van der Waals surface area contributed by atoms with E-state index < -0.39 is 17.3 Å². The highest BCUT2D eigenvalue weighted by Crippen LogP contribution is 2.28. The molecule has 0 saturated heterocycles. The molecule has 8 heteroatoms. The lowest BCUT2D eigenvalue weighted by molar-refractivity contribution is 0.0929. The Bertz CT molecular complexity index is 924. The van der Waals surface area contributed by atoms with Crippen LogP contribution in [0.25, 0.3) is 0 Å². The zero-order valence-corrected chi connectivity index (χ0v) is 15.5. The van der Waals surface area contributed by atoms with E-state index in [9.17, 15) is 18.8 Å². The van der Waals surface area contributed by atoms with E-state index in [-0.39, 0.29) is 24.1 Å². The molecule has 3 N–H and O–H groups in total. The summed E-state index contributed by atoms with van der Waals surface area (Å²) in [7, 11) is 1.52. The van der Waals surface area contributed by atoms with E-state index in [1.807, 2.05) is 0 Å². The average Bonchev–Trinajstić information content (AvgIpc) is 2.68. The summed E-state index contributed by atoms with van der Waals surface area (Å²) in [5.41, 5.74) is 1.32. The Labute approximate surface area is 161 Å². The van der Waals surface area contributed by atoms with Crippen LogP contribution in [-0.2, 0) is 11.2 Å². The zero-order chi connectivity index (χ0) is 20.1. The minimum atomic E-state index is -0.490. The molecule has 1 aromatic carbocycles. The van der Waals surface area contributed by atoms with Gasteiger partial charge in [-0.15, -0.1) is 0 Å². The fourth-order valence-electron chi connectivity index (χ4n) is 3.26. The fraction of sp³-hybridized carbons (Fsp3) is 0.350. The molecule has 2 amide bonds. The summed E-state index contributed by atoms with van der Waals surface area (Å²) in [5, 5.41) is 5.54. The first-order valence-electron chi connectivity index (χ1n) is 9.09. The molecule has 148 valence electrons. The average molecular weight is 387 g/mol. The van der Waals surface area contributed by atoms with Crippen molar-refractivity contribution in [2.24, 2.45) is 0 Å². The molecular weight excluding hydrogens is 365 g/mol. The molecule has 0 bridgehead atoms. The topological polar surface area (TPSA) is 100 Å². The lowest BCUT2D eigenvalue weighted by atomic mass is 9.90. The van der Waals surface area contributed by atoms with Gasteiger partial charge >= 0.3 is 0 Å². The monoisotopic (exact) mass is 387 g/mol. The van der Waals surface area contributed by atoms with Crippen molar-refractivity contribution in [1.82, 2.24) is 15.6 Å². The molecule has 1 aliphatic carbocycles. The van der Waals surface area contributed by atoms with Crippen LogP contribution < -0.4 is 16.2 Å². The number of ether oxygens (including phenoxy) is 1. The van der Waals surface area contributed by atoms with Crippen LogP contribution >= 0.6 is 0 Å². The van der Waals surface area contributed by atoms with Gasteiger partial charge in [0.2, 0.25) is 0 Å². The number of methoxy groups -OCH3 is 1. The zero-order valence-electron chi connectivity index (χ0n) is 15.5. The predicted molar refractivity (Wildman–Crippen MR) is 101 cm³/mol. The van der Waals surface area contributed by atoms with Crippen LogP contribution in [0.3, 0.4) is 0 Å². The van der Waals surface area contributed by atoms with Gasteiger partial charge in [-0.25, -0.2) is 4.39 Å². The number of H-pyrrole nitrogens is 1. The summed E-state index contributed by atoms with van der Waals surface area (Å²) in [4.78, 5) is 39.8. The molecular formula is C20H22FN3O4. The van der Waals surface area contributed by atoms with E-state index in [4.69, 9.17) is 4.74 Å². The summed E-state index contributed by atoms with van der Waals surface area (Å²) in [6, 6.07) is 6.48. The van der Waals surface area contributed by atoms with E-state index in [1.165, 1.54) is 31.4 Å². The molecule has 1 aliphatic rings. The molecule has 7 nitrogen and oxygen atoms in total. The number of hydrogen-bond donors (Lipinski definition) is 3. The molecule has 1 unspecified atom stereocenters. The van der Waals surface area contributed by atoms with Crippen LogP contribution in [0.15, 0.2) is 35.1 Å². The summed E-state index contributed by atoms with van der Waals surface area (Å²) in [6.07, 6.45) is 2.13. The summed E-state index contributed by atoms with van der Waals surface area (Å²) in [6.45, 7) is 0.627. The van der Waals surface area contributed by atoms with Crippen LogP contribution in [0.5, 0.6) is 0 Å². The van der Waals surface area contributed by atoms with Gasteiger partial charge in [-0.05, 0) is 55.2 Å². The second kappa shape index (κ2) is 8.79. The van der Waals surface area contributed by atoms with Crippen LogP contribution in [0.2, 0.25) is 0 Å². The van der Waals surface area contributed by atoms with Gasteiger partial charge in [0.05, 0.1) is 12.6 Å². The first kappa shape index (κ1) is 19.8. The number of benzene rings is 1. The number of rotatable bonds is 6. The first-order chi connectivity index (χ1) is 13.5. The maximum Gasteiger partial charge on any atom is 0.261 e. The van der Waals surface area contributed by atoms with Gasteiger partial charge in [0.15, 0.2) is 0 Å². The van der Waals surface area contributed by atoms with Gasteiger partial charge < -0.3 is 20.4 Å². The van der Waals surface area contributed by atoms with Gasteiger partial charge in [-0.1, -0.05) is 0 Å². The molecule has 1 atom stereocenters. The van der Waals surface area contributed by atoms with Crippen molar-refractivity contribution < 1.29 is 18.7 Å². The van der Waals surface area contributed by atoms with Crippen molar-refractivity contribution in [2.75, 3.05) is 20.3 Å². The molecule has 3 rings (SSSR count). The van der Waals surface area contributed by atoms with Crippen LogP contribution in [0.1, 0.15) is 50.9 Å². The summed E-state index contributed by atoms with van der Waals surface area (Å²) < 4.78 is 18.0. The van der Waals surface area contributed by atoms with Gasteiger partial charge in [-0.2, -0.15) is 0 Å². The summed E-state index contributed by atoms with van der Waals surface area (Å²) >= 11 is 0. The number of nitrogens with one attached hydrogen (secondary N) is 3. The van der Waals surface area contributed by atoms with Crippen molar-refractivity contribution in [1.29, 1.82) is 0 Å². The third-order valence-electron chi connectivity index (χ3n) is 4.70. The molecule has 0 spiro atoms. The lowest BCUT2D eigenvalue weighted by Gasteiger charge is -2.26. The molecule has 0 fully saturated rings. The smallest absolute Gasteiger partial charge is 0.261 e. The number of carbonyl (C=O) groups excluding carboxylic acids is 2. The Kier molecular flexibility index (Phi) is 6.20. The molecule has 0 radical (unpaired) electrons. The number of amides is 2. The highest BCUT2D eigenvalue weighted by molar-refractivity contribution is 5.95. The largest absolute Gasteiger partial charge is 0.383 e. The Hall–Kier alpha value is -3.00. The first-order valence-corrected chi connectivity index (χ1v) is 9.09. The van der Waals surface area contributed by atoms with Crippen molar-refractivity contribution in [3.8, 4) is 0 Å². The van der Waals surface area contributed by atoms with Gasteiger partial charge in [0.25, 0.3) is 17.4 Å². The summed E-state index contributed by atoms with van der Waals surface area (Å²) in [5.74, 6) is -1.24. The number of aryl methyl sites for hydroxylation is 1. The molecule has 1 aromatic heterocycles. The normalized spacial score (nSPS) is 15.6. The Morgan fingerprint density at radius 1 is 1.25 bits per heavy atom. The van der Waals surface area contributed by atoms with E-state index in [1.54, 1.807) is 6.07 Å². The number of fused-ring (bicyclic) bond motifs is 1. The quantitative estimate of drug-likeness (QED) is 0.657. The molecule has 28 heavy (non-hydrogen) atoms. The molecule has 2 aromatic rings. The van der Waals surface area contributed by atoms with Crippen LogP contribution in [-0.4, -0.2) is 37.1 Å². The molecule has 0 saturated carbocycles. The van der Waals surface area contributed by atoms with Crippen molar-refractivity contribution in [3.63, 3.8) is 0 Å². The fourth-order valence-corrected chi connectivity index (χ4v) is 3.26. The van der Waals surface area contributed by atoms with E-state index in [0.29, 0.717) is 30.7 Å². The second-order valence-corrected chi connectivity index (χ2v) is 6.62. The third-order valence-corrected chi connectivity index (χ3v) is 4.70. The second-order valence-electron chi connectivity index (χ2n) is 6.62. The minimum Gasteiger partial charge on any atom is -0.383 e. The van der Waals surface area contributed by atoms with E-state index in [2.05, 4.69) is 15.6 Å². The maximum atomic E-state index is 13.1. The Balaban J connectivity index is 1.82. The highest BCUT2D eigenvalue weighted by Gasteiger charge is 2.25. The van der Waals surface area contributed by atoms with Crippen molar-refractivity contribution in [3.05, 3.63) is 68.9 Å². The minimum absolute atomic E-state index is 0.00205. The standard InChI is InChI=1S/C20H22FN3O4/c1-28-10-9-22-19(26)15-11-14-16(3-2-4-17(14)24-20(15)27)23-18(25)12-5-7-13(21)8-6-12/h5-8,11,16H,2-4,9-10H2,1H3,(H,22,26)(H,23,25)(H,24,27). The van der Waals surface area contributed by atoms with Crippen LogP contribution in [0.4, 0.5) is 4.39 Å². The number of hydrogen-bond acceptors (Lipinski definition) is 4. The van der Waals surface area contributed by atoms with Crippen molar-refractivity contribution in [2.45, 2.75) is 25.3 Å². The van der Waals surface area contributed by atoms with Gasteiger partial charge in [-0.3, -0.25) is 14.4 Å². The number of pyridine rings is 1. The number of halogens is 1. The number of aromatic nitrogens is 1. The third kappa shape index (κ3) is 4.45. The van der Waals surface area contributed by atoms with E-state index in [0.717, 1.165) is 12.0 Å². The predicted octanol–water partition coefficient (Wildman–Crippen LogP) is 1.70. The Morgan fingerprint density at radius 3 is 2.71 bits per heavy atom. The highest BCUT2D eigenvalue weighted by atomic mass is 19.1. The molecule has 0 aliphatic heterocycles. The Morgan fingerprint density at radius 2 is 2.00 bits per heavy atom. The van der Waals surface area contributed by atoms with Crippen molar-refractivity contribution >= 4 is 11.8 Å². The van der Waals surface area contributed by atoms with E-state index >= 15 is 0 Å². The molecule has 1 heterocycles. The number of carbonyl (C=O) groups is 2.